The molecule has 0 aliphatic carbocycles. The van der Waals surface area contributed by atoms with Crippen molar-refractivity contribution in [2.45, 2.75) is 32.3 Å². The highest BCUT2D eigenvalue weighted by atomic mass is 16.5. The van der Waals surface area contributed by atoms with Crippen LogP contribution in [0.5, 0.6) is 0 Å². The lowest BCUT2D eigenvalue weighted by Crippen LogP contribution is -2.23. The molecule has 3 heteroatoms. The third kappa shape index (κ3) is 6.74. The molecule has 0 bridgehead atoms. The number of rotatable bonds is 10. The molecule has 1 aromatic carbocycles. The molecule has 1 atom stereocenters. The molecule has 18 heavy (non-hydrogen) atoms. The Hall–Kier alpha value is -0.900. The van der Waals surface area contributed by atoms with Gasteiger partial charge in [-0.3, -0.25) is 0 Å². The largest absolute Gasteiger partial charge is 0.387 e. The second-order valence-electron chi connectivity index (χ2n) is 4.45. The van der Waals surface area contributed by atoms with E-state index in [1.165, 1.54) is 6.42 Å². The molecule has 0 aliphatic rings. The van der Waals surface area contributed by atoms with Crippen molar-refractivity contribution in [1.82, 2.24) is 5.32 Å². The zero-order valence-electron chi connectivity index (χ0n) is 11.3. The maximum Gasteiger partial charge on any atom is 0.0914 e. The predicted molar refractivity (Wildman–Crippen MR) is 74.6 cm³/mol. The molecule has 0 fully saturated rings. The van der Waals surface area contributed by atoms with Crippen molar-refractivity contribution in [1.29, 1.82) is 0 Å². The van der Waals surface area contributed by atoms with Crippen LogP contribution >= 0.6 is 0 Å². The summed E-state index contributed by atoms with van der Waals surface area (Å²) < 4.78 is 5.46. The van der Waals surface area contributed by atoms with Gasteiger partial charge < -0.3 is 15.2 Å². The Kier molecular flexibility index (Phi) is 8.47. The Morgan fingerprint density at radius 3 is 2.61 bits per heavy atom. The summed E-state index contributed by atoms with van der Waals surface area (Å²) in [5.74, 6) is 0. The highest BCUT2D eigenvalue weighted by Gasteiger charge is 2.04. The lowest BCUT2D eigenvalue weighted by Gasteiger charge is -2.12. The predicted octanol–water partition coefficient (Wildman–Crippen LogP) is 2.52. The first-order valence-corrected chi connectivity index (χ1v) is 6.86. The standard InChI is InChI=1S/C15H25NO2/c1-2-3-11-18-12-7-10-16-13-15(17)14-8-5-4-6-9-14/h4-6,8-9,15-17H,2-3,7,10-13H2,1H3. The lowest BCUT2D eigenvalue weighted by molar-refractivity contribution is 0.126. The van der Waals surface area contributed by atoms with Crippen LogP contribution in [0, 0.1) is 0 Å². The minimum atomic E-state index is -0.424. The Balaban J connectivity index is 1.98. The fourth-order valence-electron chi connectivity index (χ4n) is 1.68. The Morgan fingerprint density at radius 2 is 1.89 bits per heavy atom. The van der Waals surface area contributed by atoms with Gasteiger partial charge in [0.1, 0.15) is 0 Å². The molecule has 0 saturated heterocycles. The summed E-state index contributed by atoms with van der Waals surface area (Å²) in [6, 6.07) is 9.73. The molecule has 0 aliphatic heterocycles. The van der Waals surface area contributed by atoms with Gasteiger partial charge in [0, 0.05) is 19.8 Å². The first-order chi connectivity index (χ1) is 8.84. The molecular weight excluding hydrogens is 226 g/mol. The SMILES string of the molecule is CCCCOCCCNCC(O)c1ccccc1. The number of hydrogen-bond acceptors (Lipinski definition) is 3. The first kappa shape index (κ1) is 15.2. The van der Waals surface area contributed by atoms with E-state index in [0.717, 1.165) is 38.2 Å². The average Bonchev–Trinajstić information content (AvgIpc) is 2.42. The van der Waals surface area contributed by atoms with Gasteiger partial charge in [-0.25, -0.2) is 0 Å². The zero-order chi connectivity index (χ0) is 13.1. The zero-order valence-corrected chi connectivity index (χ0v) is 11.3. The molecule has 0 radical (unpaired) electrons. The molecule has 2 N–H and O–H groups in total. The summed E-state index contributed by atoms with van der Waals surface area (Å²) in [5.41, 5.74) is 0.962. The van der Waals surface area contributed by atoms with E-state index < -0.39 is 6.10 Å². The maximum absolute atomic E-state index is 9.90. The van der Waals surface area contributed by atoms with Gasteiger partial charge in [-0.05, 0) is 24.9 Å². The second kappa shape index (κ2) is 10.1. The minimum absolute atomic E-state index is 0.424. The van der Waals surface area contributed by atoms with E-state index in [-0.39, 0.29) is 0 Å². The highest BCUT2D eigenvalue weighted by Crippen LogP contribution is 2.10. The summed E-state index contributed by atoms with van der Waals surface area (Å²) in [4.78, 5) is 0. The van der Waals surface area contributed by atoms with Crippen LogP contribution in [0.4, 0.5) is 0 Å². The van der Waals surface area contributed by atoms with Crippen molar-refractivity contribution in [3.05, 3.63) is 35.9 Å². The van der Waals surface area contributed by atoms with Gasteiger partial charge in [-0.15, -0.1) is 0 Å². The molecule has 0 spiro atoms. The number of unbranched alkanes of at least 4 members (excludes halogenated alkanes) is 1. The van der Waals surface area contributed by atoms with Gasteiger partial charge >= 0.3 is 0 Å². The monoisotopic (exact) mass is 251 g/mol. The second-order valence-corrected chi connectivity index (χ2v) is 4.45. The first-order valence-electron chi connectivity index (χ1n) is 6.86. The van der Waals surface area contributed by atoms with E-state index >= 15 is 0 Å². The fourth-order valence-corrected chi connectivity index (χ4v) is 1.68. The van der Waals surface area contributed by atoms with Gasteiger partial charge in [0.05, 0.1) is 6.10 Å². The van der Waals surface area contributed by atoms with Crippen LogP contribution in [0.1, 0.15) is 37.9 Å². The van der Waals surface area contributed by atoms with Crippen LogP contribution in [0.3, 0.4) is 0 Å². The Bertz CT molecular complexity index is 290. The third-order valence-corrected chi connectivity index (χ3v) is 2.81. The van der Waals surface area contributed by atoms with Crippen molar-refractivity contribution in [2.75, 3.05) is 26.3 Å². The normalized spacial score (nSPS) is 12.6. The van der Waals surface area contributed by atoms with Gasteiger partial charge in [-0.2, -0.15) is 0 Å². The van der Waals surface area contributed by atoms with E-state index in [9.17, 15) is 5.11 Å². The quantitative estimate of drug-likeness (QED) is 0.628. The summed E-state index contributed by atoms with van der Waals surface area (Å²) in [6.07, 6.45) is 2.89. The van der Waals surface area contributed by atoms with E-state index in [0.29, 0.717) is 6.54 Å². The molecule has 0 amide bonds. The van der Waals surface area contributed by atoms with Crippen molar-refractivity contribution >= 4 is 0 Å². The topological polar surface area (TPSA) is 41.5 Å². The molecule has 102 valence electrons. The lowest BCUT2D eigenvalue weighted by atomic mass is 10.1. The van der Waals surface area contributed by atoms with Crippen LogP contribution < -0.4 is 5.32 Å². The van der Waals surface area contributed by atoms with Crippen LogP contribution in [-0.4, -0.2) is 31.4 Å². The smallest absolute Gasteiger partial charge is 0.0914 e. The molecule has 1 rings (SSSR count). The summed E-state index contributed by atoms with van der Waals surface area (Å²) in [7, 11) is 0. The van der Waals surface area contributed by atoms with E-state index in [1.54, 1.807) is 0 Å². The molecule has 3 nitrogen and oxygen atoms in total. The molecule has 0 heterocycles. The van der Waals surface area contributed by atoms with E-state index in [2.05, 4.69) is 12.2 Å². The molecule has 1 unspecified atom stereocenters. The van der Waals surface area contributed by atoms with Crippen LogP contribution in [0.15, 0.2) is 30.3 Å². The molecule has 0 saturated carbocycles. The number of benzene rings is 1. The summed E-state index contributed by atoms with van der Waals surface area (Å²) in [5, 5.41) is 13.1. The van der Waals surface area contributed by atoms with Crippen molar-refractivity contribution in [3.8, 4) is 0 Å². The van der Waals surface area contributed by atoms with Crippen molar-refractivity contribution in [2.24, 2.45) is 0 Å². The third-order valence-electron chi connectivity index (χ3n) is 2.81. The van der Waals surface area contributed by atoms with Crippen molar-refractivity contribution in [3.63, 3.8) is 0 Å². The summed E-state index contributed by atoms with van der Waals surface area (Å²) >= 11 is 0. The molecule has 0 aromatic heterocycles. The Labute approximate surface area is 110 Å². The van der Waals surface area contributed by atoms with E-state index in [1.807, 2.05) is 30.3 Å². The average molecular weight is 251 g/mol. The number of nitrogens with one attached hydrogen (secondary N) is 1. The maximum atomic E-state index is 9.90. The highest BCUT2D eigenvalue weighted by molar-refractivity contribution is 5.17. The van der Waals surface area contributed by atoms with Gasteiger partial charge in [-0.1, -0.05) is 43.7 Å². The van der Waals surface area contributed by atoms with E-state index in [4.69, 9.17) is 4.74 Å². The number of aliphatic hydroxyl groups excluding tert-OH is 1. The fraction of sp³-hybridized carbons (Fsp3) is 0.600. The van der Waals surface area contributed by atoms with Crippen LogP contribution in [0.25, 0.3) is 0 Å². The van der Waals surface area contributed by atoms with Crippen molar-refractivity contribution < 1.29 is 9.84 Å². The number of aliphatic hydroxyl groups is 1. The number of ether oxygens (including phenoxy) is 1. The van der Waals surface area contributed by atoms with Gasteiger partial charge in [0.25, 0.3) is 0 Å². The number of hydrogen-bond donors (Lipinski definition) is 2. The molecule has 1 aromatic rings. The van der Waals surface area contributed by atoms with Crippen LogP contribution in [-0.2, 0) is 4.74 Å². The Morgan fingerprint density at radius 1 is 1.17 bits per heavy atom. The van der Waals surface area contributed by atoms with Gasteiger partial charge in [0.2, 0.25) is 0 Å². The summed E-state index contributed by atoms with van der Waals surface area (Å²) in [6.45, 7) is 5.31. The van der Waals surface area contributed by atoms with Gasteiger partial charge in [0.15, 0.2) is 0 Å². The molecular formula is C15H25NO2. The van der Waals surface area contributed by atoms with Crippen LogP contribution in [0.2, 0.25) is 0 Å². The minimum Gasteiger partial charge on any atom is -0.387 e.